The molecule has 0 heterocycles. The largest absolute Gasteiger partial charge is 0.0928 e. The highest BCUT2D eigenvalue weighted by molar-refractivity contribution is 9.09. The maximum Gasteiger partial charge on any atom is 0.00365 e. The van der Waals surface area contributed by atoms with Gasteiger partial charge in [-0.1, -0.05) is 58.5 Å². The van der Waals surface area contributed by atoms with Crippen molar-refractivity contribution in [3.8, 4) is 0 Å². The number of alkyl halides is 2. The van der Waals surface area contributed by atoms with Crippen molar-refractivity contribution in [2.75, 3.05) is 10.7 Å². The van der Waals surface area contributed by atoms with E-state index < -0.39 is 0 Å². The Balaban J connectivity index is 3.96. The molecule has 0 aromatic heterocycles. The molecule has 0 saturated carbocycles. The standard InChI is InChI=1S/C9H18Br2/c1-3-9(4-2,5-7-10)6-8-11/h3-8H2,1-2H3. The first kappa shape index (κ1) is 12.0. The van der Waals surface area contributed by atoms with Gasteiger partial charge in [-0.15, -0.1) is 0 Å². The van der Waals surface area contributed by atoms with Crippen LogP contribution in [-0.2, 0) is 0 Å². The van der Waals surface area contributed by atoms with Gasteiger partial charge in [0.15, 0.2) is 0 Å². The first-order valence-electron chi connectivity index (χ1n) is 4.36. The summed E-state index contributed by atoms with van der Waals surface area (Å²) < 4.78 is 0. The minimum Gasteiger partial charge on any atom is -0.0928 e. The van der Waals surface area contributed by atoms with E-state index in [-0.39, 0.29) is 0 Å². The lowest BCUT2D eigenvalue weighted by atomic mass is 9.78. The van der Waals surface area contributed by atoms with Crippen LogP contribution < -0.4 is 0 Å². The second-order valence-corrected chi connectivity index (χ2v) is 4.67. The highest BCUT2D eigenvalue weighted by Gasteiger charge is 2.23. The van der Waals surface area contributed by atoms with Crippen LogP contribution in [0.1, 0.15) is 39.5 Å². The third kappa shape index (κ3) is 3.93. The van der Waals surface area contributed by atoms with Crippen LogP contribution in [0.15, 0.2) is 0 Å². The second kappa shape index (κ2) is 6.47. The van der Waals surface area contributed by atoms with Crippen LogP contribution in [0.25, 0.3) is 0 Å². The summed E-state index contributed by atoms with van der Waals surface area (Å²) in [6.07, 6.45) is 5.23. The Bertz CT molecular complexity index is 79.6. The molecule has 0 saturated heterocycles. The van der Waals surface area contributed by atoms with Crippen molar-refractivity contribution >= 4 is 31.9 Å². The molecule has 0 radical (unpaired) electrons. The van der Waals surface area contributed by atoms with Crippen LogP contribution in [0.5, 0.6) is 0 Å². The number of hydrogen-bond donors (Lipinski definition) is 0. The van der Waals surface area contributed by atoms with E-state index in [0.29, 0.717) is 5.41 Å². The average molecular weight is 286 g/mol. The molecule has 0 aliphatic rings. The Kier molecular flexibility index (Phi) is 7.04. The van der Waals surface area contributed by atoms with Gasteiger partial charge in [0.05, 0.1) is 0 Å². The van der Waals surface area contributed by atoms with E-state index in [9.17, 15) is 0 Å². The lowest BCUT2D eigenvalue weighted by Crippen LogP contribution is -2.19. The van der Waals surface area contributed by atoms with Gasteiger partial charge in [-0.3, -0.25) is 0 Å². The van der Waals surface area contributed by atoms with Crippen LogP contribution >= 0.6 is 31.9 Å². The fourth-order valence-electron chi connectivity index (χ4n) is 1.48. The fourth-order valence-corrected chi connectivity index (χ4v) is 3.17. The highest BCUT2D eigenvalue weighted by Crippen LogP contribution is 2.35. The molecule has 11 heavy (non-hydrogen) atoms. The number of rotatable bonds is 6. The van der Waals surface area contributed by atoms with Gasteiger partial charge >= 0.3 is 0 Å². The summed E-state index contributed by atoms with van der Waals surface area (Å²) >= 11 is 7.04. The van der Waals surface area contributed by atoms with Gasteiger partial charge in [-0.25, -0.2) is 0 Å². The van der Waals surface area contributed by atoms with E-state index >= 15 is 0 Å². The Hall–Kier alpha value is 0.960. The predicted molar refractivity (Wildman–Crippen MR) is 59.8 cm³/mol. The minimum atomic E-state index is 0.590. The molecule has 0 aliphatic heterocycles. The summed E-state index contributed by atoms with van der Waals surface area (Å²) in [5.74, 6) is 0. The monoisotopic (exact) mass is 284 g/mol. The molecular weight excluding hydrogens is 268 g/mol. The molecule has 0 aromatic rings. The van der Waals surface area contributed by atoms with E-state index in [0.717, 1.165) is 10.7 Å². The molecule has 0 atom stereocenters. The van der Waals surface area contributed by atoms with Crippen molar-refractivity contribution in [3.05, 3.63) is 0 Å². The third-order valence-electron chi connectivity index (χ3n) is 2.75. The van der Waals surface area contributed by atoms with E-state index in [4.69, 9.17) is 0 Å². The van der Waals surface area contributed by atoms with Crippen LogP contribution in [-0.4, -0.2) is 10.7 Å². The Labute approximate surface area is 87.4 Å². The van der Waals surface area contributed by atoms with E-state index in [2.05, 4.69) is 45.7 Å². The molecule has 0 fully saturated rings. The Morgan fingerprint density at radius 1 is 0.909 bits per heavy atom. The first-order chi connectivity index (χ1) is 5.24. The SMILES string of the molecule is CCC(CC)(CCBr)CCBr. The molecule has 0 rings (SSSR count). The van der Waals surface area contributed by atoms with Gasteiger partial charge in [0, 0.05) is 10.7 Å². The lowest BCUT2D eigenvalue weighted by Gasteiger charge is -2.30. The summed E-state index contributed by atoms with van der Waals surface area (Å²) in [6, 6.07) is 0. The zero-order valence-electron chi connectivity index (χ0n) is 7.50. The summed E-state index contributed by atoms with van der Waals surface area (Å²) in [7, 11) is 0. The average Bonchev–Trinajstić information content (AvgIpc) is 2.04. The van der Waals surface area contributed by atoms with Gasteiger partial charge in [0.2, 0.25) is 0 Å². The normalized spacial score (nSPS) is 12.0. The van der Waals surface area contributed by atoms with Crippen molar-refractivity contribution < 1.29 is 0 Å². The first-order valence-corrected chi connectivity index (χ1v) is 6.61. The summed E-state index contributed by atoms with van der Waals surface area (Å²) in [6.45, 7) is 4.60. The summed E-state index contributed by atoms with van der Waals surface area (Å²) in [4.78, 5) is 0. The maximum atomic E-state index is 3.52. The Morgan fingerprint density at radius 2 is 1.27 bits per heavy atom. The van der Waals surface area contributed by atoms with Crippen LogP contribution in [0, 0.1) is 5.41 Å². The van der Waals surface area contributed by atoms with E-state index in [1.807, 2.05) is 0 Å². The van der Waals surface area contributed by atoms with Crippen LogP contribution in [0.3, 0.4) is 0 Å². The number of halogens is 2. The fraction of sp³-hybridized carbons (Fsp3) is 1.00. The molecule has 0 unspecified atom stereocenters. The maximum absolute atomic E-state index is 3.52. The quantitative estimate of drug-likeness (QED) is 0.636. The zero-order valence-corrected chi connectivity index (χ0v) is 10.7. The van der Waals surface area contributed by atoms with Crippen molar-refractivity contribution in [2.24, 2.45) is 5.41 Å². The predicted octanol–water partition coefficient (Wildman–Crippen LogP) is 4.36. The summed E-state index contributed by atoms with van der Waals surface area (Å²) in [5.41, 5.74) is 0.590. The van der Waals surface area contributed by atoms with Gasteiger partial charge in [-0.05, 0) is 18.3 Å². The zero-order chi connectivity index (χ0) is 8.74. The van der Waals surface area contributed by atoms with Crippen molar-refractivity contribution in [1.82, 2.24) is 0 Å². The number of hydrogen-bond acceptors (Lipinski definition) is 0. The molecule has 0 aliphatic carbocycles. The van der Waals surface area contributed by atoms with Gasteiger partial charge in [-0.2, -0.15) is 0 Å². The molecular formula is C9H18Br2. The second-order valence-electron chi connectivity index (χ2n) is 3.09. The van der Waals surface area contributed by atoms with Gasteiger partial charge in [0.25, 0.3) is 0 Å². The van der Waals surface area contributed by atoms with E-state index in [1.165, 1.54) is 25.7 Å². The van der Waals surface area contributed by atoms with Crippen molar-refractivity contribution in [1.29, 1.82) is 0 Å². The molecule has 0 N–H and O–H groups in total. The van der Waals surface area contributed by atoms with Gasteiger partial charge in [0.1, 0.15) is 0 Å². The molecule has 0 aromatic carbocycles. The molecule has 0 spiro atoms. The lowest BCUT2D eigenvalue weighted by molar-refractivity contribution is 0.246. The molecule has 68 valence electrons. The van der Waals surface area contributed by atoms with Gasteiger partial charge < -0.3 is 0 Å². The smallest absolute Gasteiger partial charge is 0.00365 e. The summed E-state index contributed by atoms with van der Waals surface area (Å²) in [5, 5.41) is 2.28. The molecule has 0 amide bonds. The van der Waals surface area contributed by atoms with E-state index in [1.54, 1.807) is 0 Å². The van der Waals surface area contributed by atoms with Crippen molar-refractivity contribution in [3.63, 3.8) is 0 Å². The molecule has 0 bridgehead atoms. The molecule has 0 nitrogen and oxygen atoms in total. The topological polar surface area (TPSA) is 0 Å². The Morgan fingerprint density at radius 3 is 1.45 bits per heavy atom. The molecule has 2 heteroatoms. The third-order valence-corrected chi connectivity index (χ3v) is 3.54. The van der Waals surface area contributed by atoms with Crippen molar-refractivity contribution in [2.45, 2.75) is 39.5 Å². The highest BCUT2D eigenvalue weighted by atomic mass is 79.9. The van der Waals surface area contributed by atoms with Crippen LogP contribution in [0.2, 0.25) is 0 Å². The van der Waals surface area contributed by atoms with Crippen LogP contribution in [0.4, 0.5) is 0 Å². The minimum absolute atomic E-state index is 0.590.